The van der Waals surface area contributed by atoms with Gasteiger partial charge in [0.25, 0.3) is 0 Å². The molecule has 1 fully saturated rings. The van der Waals surface area contributed by atoms with E-state index in [1.54, 1.807) is 0 Å². The number of hydrogen-bond donors (Lipinski definition) is 1. The van der Waals surface area contributed by atoms with Crippen LogP contribution in [0.1, 0.15) is 43.2 Å². The Labute approximate surface area is 129 Å². The molecule has 1 saturated heterocycles. The number of ether oxygens (including phenoxy) is 1. The number of nitrogens with one attached hydrogen (secondary N) is 1. The second-order valence-corrected chi connectivity index (χ2v) is 5.81. The first-order valence-electron chi connectivity index (χ1n) is 7.30. The highest BCUT2D eigenvalue weighted by molar-refractivity contribution is 9.08. The van der Waals surface area contributed by atoms with Gasteiger partial charge in [0.1, 0.15) is 0 Å². The number of halogens is 1. The molecular formula is C16H22BrNO2. The van der Waals surface area contributed by atoms with Crippen LogP contribution in [0.25, 0.3) is 0 Å². The van der Waals surface area contributed by atoms with Gasteiger partial charge in [-0.05, 0) is 36.8 Å². The lowest BCUT2D eigenvalue weighted by molar-refractivity contribution is -0.122. The Morgan fingerprint density at radius 1 is 1.25 bits per heavy atom. The first kappa shape index (κ1) is 15.5. The molecule has 1 N–H and O–H groups in total. The molecule has 2 rings (SSSR count). The molecular weight excluding hydrogens is 318 g/mol. The van der Waals surface area contributed by atoms with Gasteiger partial charge in [0.05, 0.1) is 6.10 Å². The van der Waals surface area contributed by atoms with Crippen molar-refractivity contribution >= 4 is 21.8 Å². The second-order valence-electron chi connectivity index (χ2n) is 5.25. The van der Waals surface area contributed by atoms with Crippen molar-refractivity contribution in [2.75, 3.05) is 6.61 Å². The van der Waals surface area contributed by atoms with Crippen molar-refractivity contribution < 1.29 is 9.53 Å². The molecule has 0 saturated carbocycles. The van der Waals surface area contributed by atoms with E-state index < -0.39 is 0 Å². The fraction of sp³-hybridized carbons (Fsp3) is 0.562. The van der Waals surface area contributed by atoms with Crippen molar-refractivity contribution in [2.24, 2.45) is 0 Å². The summed E-state index contributed by atoms with van der Waals surface area (Å²) >= 11 is 3.42. The van der Waals surface area contributed by atoms with Gasteiger partial charge in [-0.3, -0.25) is 4.79 Å². The largest absolute Gasteiger partial charge is 0.378 e. The van der Waals surface area contributed by atoms with Gasteiger partial charge in [0, 0.05) is 24.9 Å². The third-order valence-corrected chi connectivity index (χ3v) is 4.28. The molecule has 20 heavy (non-hydrogen) atoms. The zero-order valence-electron chi connectivity index (χ0n) is 11.7. The maximum atomic E-state index is 11.8. The zero-order valence-corrected chi connectivity index (χ0v) is 13.3. The third-order valence-electron chi connectivity index (χ3n) is 3.63. The molecule has 0 bridgehead atoms. The fourth-order valence-electron chi connectivity index (χ4n) is 2.36. The van der Waals surface area contributed by atoms with Crippen molar-refractivity contribution in [2.45, 2.75) is 50.1 Å². The van der Waals surface area contributed by atoms with Gasteiger partial charge < -0.3 is 10.1 Å². The Bertz CT molecular complexity index is 413. The number of alkyl halides is 1. The summed E-state index contributed by atoms with van der Waals surface area (Å²) in [6.45, 7) is 1.46. The van der Waals surface area contributed by atoms with E-state index in [0.717, 1.165) is 36.8 Å². The Balaban J connectivity index is 1.66. The molecule has 1 heterocycles. The number of carbonyl (C=O) groups is 1. The normalized spacial score (nSPS) is 18.8. The van der Waals surface area contributed by atoms with E-state index in [0.29, 0.717) is 13.0 Å². The second kappa shape index (κ2) is 8.42. The highest BCUT2D eigenvalue weighted by atomic mass is 79.9. The van der Waals surface area contributed by atoms with Gasteiger partial charge in [-0.2, -0.15) is 0 Å². The van der Waals surface area contributed by atoms with E-state index in [2.05, 4.69) is 45.5 Å². The van der Waals surface area contributed by atoms with E-state index >= 15 is 0 Å². The maximum Gasteiger partial charge on any atom is 0.220 e. The predicted octanol–water partition coefficient (Wildman–Crippen LogP) is 3.55. The molecule has 0 radical (unpaired) electrons. The van der Waals surface area contributed by atoms with E-state index in [-0.39, 0.29) is 12.0 Å². The third kappa shape index (κ3) is 5.25. The number of benzene rings is 1. The number of carbonyl (C=O) groups excluding carboxylic acids is 1. The lowest BCUT2D eigenvalue weighted by Crippen LogP contribution is -2.26. The predicted molar refractivity (Wildman–Crippen MR) is 83.7 cm³/mol. The van der Waals surface area contributed by atoms with Gasteiger partial charge in [-0.25, -0.2) is 0 Å². The molecule has 1 aliphatic rings. The molecule has 0 aliphatic carbocycles. The summed E-state index contributed by atoms with van der Waals surface area (Å²) in [5.41, 5.74) is 2.38. The van der Waals surface area contributed by atoms with E-state index in [1.807, 2.05) is 0 Å². The molecule has 0 spiro atoms. The lowest BCUT2D eigenvalue weighted by atomic mass is 10.0. The minimum absolute atomic E-state index is 0.115. The van der Waals surface area contributed by atoms with Crippen molar-refractivity contribution in [1.29, 1.82) is 0 Å². The van der Waals surface area contributed by atoms with Gasteiger partial charge in [-0.15, -0.1) is 0 Å². The van der Waals surface area contributed by atoms with Crippen molar-refractivity contribution in [3.63, 3.8) is 0 Å². The molecule has 110 valence electrons. The van der Waals surface area contributed by atoms with Crippen LogP contribution in [0.15, 0.2) is 24.3 Å². The summed E-state index contributed by atoms with van der Waals surface area (Å²) in [5.74, 6) is 0.115. The zero-order chi connectivity index (χ0) is 14.2. The number of rotatable bonds is 6. The van der Waals surface area contributed by atoms with E-state index in [1.165, 1.54) is 12.0 Å². The van der Waals surface area contributed by atoms with Crippen LogP contribution in [0.5, 0.6) is 0 Å². The quantitative estimate of drug-likeness (QED) is 0.805. The molecule has 1 aromatic rings. The highest BCUT2D eigenvalue weighted by Gasteiger charge is 2.15. The molecule has 0 aromatic heterocycles. The van der Waals surface area contributed by atoms with Crippen LogP contribution in [0, 0.1) is 0 Å². The van der Waals surface area contributed by atoms with Crippen LogP contribution in [0.3, 0.4) is 0 Å². The maximum absolute atomic E-state index is 11.8. The molecule has 1 atom stereocenters. The van der Waals surface area contributed by atoms with Gasteiger partial charge >= 0.3 is 0 Å². The average Bonchev–Trinajstić information content (AvgIpc) is 2.52. The van der Waals surface area contributed by atoms with E-state index in [9.17, 15) is 4.79 Å². The molecule has 1 amide bonds. The topological polar surface area (TPSA) is 38.3 Å². The van der Waals surface area contributed by atoms with Crippen molar-refractivity contribution in [1.82, 2.24) is 5.32 Å². The summed E-state index contributed by atoms with van der Waals surface area (Å²) in [4.78, 5) is 11.8. The van der Waals surface area contributed by atoms with Crippen LogP contribution < -0.4 is 5.32 Å². The Morgan fingerprint density at radius 3 is 2.65 bits per heavy atom. The summed E-state index contributed by atoms with van der Waals surface area (Å²) in [7, 11) is 0. The Kier molecular flexibility index (Phi) is 6.54. The molecule has 1 aliphatic heterocycles. The van der Waals surface area contributed by atoms with Crippen molar-refractivity contribution in [3.05, 3.63) is 35.4 Å². The van der Waals surface area contributed by atoms with Crippen LogP contribution in [-0.2, 0) is 21.4 Å². The lowest BCUT2D eigenvalue weighted by Gasteiger charge is -2.22. The fourth-order valence-corrected chi connectivity index (χ4v) is 2.74. The number of hydrogen-bond acceptors (Lipinski definition) is 2. The average molecular weight is 340 g/mol. The summed E-state index contributed by atoms with van der Waals surface area (Å²) in [5, 5.41) is 3.83. The number of amides is 1. The highest BCUT2D eigenvalue weighted by Crippen LogP contribution is 2.16. The Morgan fingerprint density at radius 2 is 2.00 bits per heavy atom. The van der Waals surface area contributed by atoms with Crippen LogP contribution in [0.2, 0.25) is 0 Å². The van der Waals surface area contributed by atoms with Crippen molar-refractivity contribution in [3.8, 4) is 0 Å². The first-order chi connectivity index (χ1) is 9.78. The smallest absolute Gasteiger partial charge is 0.220 e. The summed E-state index contributed by atoms with van der Waals surface area (Å²) in [6, 6.07) is 8.26. The Hall–Kier alpha value is -0.870. The van der Waals surface area contributed by atoms with Crippen LogP contribution in [-0.4, -0.2) is 18.6 Å². The first-order valence-corrected chi connectivity index (χ1v) is 8.42. The minimum Gasteiger partial charge on any atom is -0.378 e. The molecule has 3 nitrogen and oxygen atoms in total. The minimum atomic E-state index is 0.115. The van der Waals surface area contributed by atoms with E-state index in [4.69, 9.17) is 4.74 Å². The van der Waals surface area contributed by atoms with Gasteiger partial charge in [-0.1, -0.05) is 40.2 Å². The molecule has 1 aromatic carbocycles. The van der Waals surface area contributed by atoms with Gasteiger partial charge in [0.15, 0.2) is 0 Å². The summed E-state index contributed by atoms with van der Waals surface area (Å²) in [6.07, 6.45) is 5.17. The van der Waals surface area contributed by atoms with Crippen LogP contribution >= 0.6 is 15.9 Å². The summed E-state index contributed by atoms with van der Waals surface area (Å²) < 4.78 is 5.63. The molecule has 4 heteroatoms. The SMILES string of the molecule is O=C(CCC1CCCCO1)NCc1ccc(CBr)cc1. The standard InChI is InChI=1S/C16H22BrNO2/c17-11-13-4-6-14(7-5-13)12-18-16(19)9-8-15-3-1-2-10-20-15/h4-7,15H,1-3,8-12H2,(H,18,19). The molecule has 1 unspecified atom stereocenters. The van der Waals surface area contributed by atoms with Gasteiger partial charge in [0.2, 0.25) is 5.91 Å². The van der Waals surface area contributed by atoms with Crippen LogP contribution in [0.4, 0.5) is 0 Å². The monoisotopic (exact) mass is 339 g/mol.